The molecule has 2 aromatic carbocycles. The van der Waals surface area contributed by atoms with E-state index in [1.807, 2.05) is 0 Å². The molecule has 4 nitrogen and oxygen atoms in total. The Balaban J connectivity index is 2.25. The van der Waals surface area contributed by atoms with Gasteiger partial charge in [-0.15, -0.1) is 0 Å². The highest BCUT2D eigenvalue weighted by molar-refractivity contribution is 6.36. The topological polar surface area (TPSA) is 66.4 Å². The molecule has 0 aliphatic rings. The Hall–Kier alpha value is -3.27. The molecular weight excluding hydrogens is 335 g/mol. The molecular formula is C18H12F3NO3. The van der Waals surface area contributed by atoms with Gasteiger partial charge in [0.2, 0.25) is 0 Å². The molecule has 0 spiro atoms. The van der Waals surface area contributed by atoms with Gasteiger partial charge in [-0.05, 0) is 43.3 Å². The number of carbonyl (C=O) groups excluding carboxylic acids is 1. The zero-order valence-electron chi connectivity index (χ0n) is 12.9. The first kappa shape index (κ1) is 18.1. The normalized spacial score (nSPS) is 10.6. The van der Waals surface area contributed by atoms with E-state index in [1.165, 1.54) is 30.3 Å². The highest BCUT2D eigenvalue weighted by Crippen LogP contribution is 2.32. The number of rotatable bonds is 1. The standard InChI is InChI=1S/C18H12F3NO3/c1-11-2-6-13(15(10-11)18(19,20)21)7-3-12-4-8-14(9-5-12)22-16(23)17(24)25/h2,4-6,8-10H,1H3,(H,22,23)(H,24,25). The third-order valence-corrected chi connectivity index (χ3v) is 3.16. The van der Waals surface area contributed by atoms with E-state index in [1.54, 1.807) is 13.0 Å². The molecule has 7 heteroatoms. The highest BCUT2D eigenvalue weighted by atomic mass is 19.4. The first-order chi connectivity index (χ1) is 11.7. The fourth-order valence-corrected chi connectivity index (χ4v) is 1.96. The van der Waals surface area contributed by atoms with Crippen molar-refractivity contribution in [2.45, 2.75) is 13.1 Å². The summed E-state index contributed by atoms with van der Waals surface area (Å²) in [6.45, 7) is 1.57. The van der Waals surface area contributed by atoms with Gasteiger partial charge < -0.3 is 10.4 Å². The minimum atomic E-state index is -4.50. The van der Waals surface area contributed by atoms with Gasteiger partial charge >= 0.3 is 18.1 Å². The summed E-state index contributed by atoms with van der Waals surface area (Å²) in [6, 6.07) is 9.64. The van der Waals surface area contributed by atoms with Crippen LogP contribution in [-0.4, -0.2) is 17.0 Å². The number of carboxylic acid groups (broad SMARTS) is 1. The zero-order valence-corrected chi connectivity index (χ0v) is 12.9. The van der Waals surface area contributed by atoms with Crippen LogP contribution in [0.3, 0.4) is 0 Å². The van der Waals surface area contributed by atoms with Crippen LogP contribution >= 0.6 is 0 Å². The molecule has 2 rings (SSSR count). The number of halogens is 3. The van der Waals surface area contributed by atoms with E-state index in [0.29, 0.717) is 11.1 Å². The first-order valence-electron chi connectivity index (χ1n) is 7.01. The number of aliphatic carboxylic acids is 1. The summed E-state index contributed by atoms with van der Waals surface area (Å²) in [5.74, 6) is 2.30. The lowest BCUT2D eigenvalue weighted by molar-refractivity contribution is -0.147. The fourth-order valence-electron chi connectivity index (χ4n) is 1.96. The second kappa shape index (κ2) is 7.09. The van der Waals surface area contributed by atoms with Gasteiger partial charge in [0, 0.05) is 16.8 Å². The number of alkyl halides is 3. The molecule has 0 bridgehead atoms. The average molecular weight is 347 g/mol. The Morgan fingerprint density at radius 3 is 2.24 bits per heavy atom. The molecule has 0 heterocycles. The van der Waals surface area contributed by atoms with Gasteiger partial charge in [0.1, 0.15) is 0 Å². The van der Waals surface area contributed by atoms with Crippen molar-refractivity contribution in [1.29, 1.82) is 0 Å². The Kier molecular flexibility index (Phi) is 5.13. The Bertz CT molecular complexity index is 875. The predicted molar refractivity (Wildman–Crippen MR) is 84.9 cm³/mol. The van der Waals surface area contributed by atoms with Crippen LogP contribution in [-0.2, 0) is 15.8 Å². The minimum absolute atomic E-state index is 0.138. The quantitative estimate of drug-likeness (QED) is 0.613. The monoisotopic (exact) mass is 347 g/mol. The van der Waals surface area contributed by atoms with Crippen molar-refractivity contribution in [3.05, 3.63) is 64.7 Å². The largest absolute Gasteiger partial charge is 0.474 e. The van der Waals surface area contributed by atoms with Crippen LogP contribution in [0.1, 0.15) is 22.3 Å². The van der Waals surface area contributed by atoms with E-state index in [2.05, 4.69) is 17.2 Å². The van der Waals surface area contributed by atoms with Gasteiger partial charge in [-0.3, -0.25) is 4.79 Å². The van der Waals surface area contributed by atoms with Crippen LogP contribution in [0, 0.1) is 18.8 Å². The molecule has 0 saturated carbocycles. The van der Waals surface area contributed by atoms with Gasteiger partial charge in [0.25, 0.3) is 0 Å². The summed E-state index contributed by atoms with van der Waals surface area (Å²) in [6.07, 6.45) is -4.50. The van der Waals surface area contributed by atoms with E-state index < -0.39 is 23.6 Å². The molecule has 0 unspecified atom stereocenters. The van der Waals surface area contributed by atoms with Gasteiger partial charge in [-0.2, -0.15) is 13.2 Å². The molecule has 0 saturated heterocycles. The lowest BCUT2D eigenvalue weighted by atomic mass is 10.0. The summed E-state index contributed by atoms with van der Waals surface area (Å²) >= 11 is 0. The van der Waals surface area contributed by atoms with E-state index in [9.17, 15) is 22.8 Å². The molecule has 128 valence electrons. The van der Waals surface area contributed by atoms with Crippen molar-refractivity contribution in [2.75, 3.05) is 5.32 Å². The lowest BCUT2D eigenvalue weighted by Gasteiger charge is -2.09. The zero-order chi connectivity index (χ0) is 18.6. The molecule has 2 aromatic rings. The van der Waals surface area contributed by atoms with Crippen LogP contribution in [0.15, 0.2) is 42.5 Å². The first-order valence-corrected chi connectivity index (χ1v) is 7.01. The summed E-state index contributed by atoms with van der Waals surface area (Å²) < 4.78 is 39.1. The van der Waals surface area contributed by atoms with E-state index in [-0.39, 0.29) is 11.3 Å². The lowest BCUT2D eigenvalue weighted by Crippen LogP contribution is -2.21. The van der Waals surface area contributed by atoms with Crippen molar-refractivity contribution in [1.82, 2.24) is 0 Å². The smallest absolute Gasteiger partial charge is 0.417 e. The number of carboxylic acids is 1. The van der Waals surface area contributed by atoms with Crippen LogP contribution in [0.2, 0.25) is 0 Å². The molecule has 0 radical (unpaired) electrons. The second-order valence-electron chi connectivity index (χ2n) is 5.13. The number of aryl methyl sites for hydroxylation is 1. The van der Waals surface area contributed by atoms with Gasteiger partial charge in [0.15, 0.2) is 0 Å². The third kappa shape index (κ3) is 4.85. The Morgan fingerprint density at radius 2 is 1.68 bits per heavy atom. The molecule has 25 heavy (non-hydrogen) atoms. The van der Waals surface area contributed by atoms with Gasteiger partial charge in [-0.1, -0.05) is 23.5 Å². The molecule has 0 aliphatic heterocycles. The highest BCUT2D eigenvalue weighted by Gasteiger charge is 2.33. The summed E-state index contributed by atoms with van der Waals surface area (Å²) in [5.41, 5.74) is 0.203. The van der Waals surface area contributed by atoms with Crippen molar-refractivity contribution >= 4 is 17.6 Å². The molecule has 0 aliphatic carbocycles. The summed E-state index contributed by atoms with van der Waals surface area (Å²) in [7, 11) is 0. The SMILES string of the molecule is Cc1ccc(C#Cc2ccc(NC(=O)C(=O)O)cc2)c(C(F)(F)F)c1. The maximum atomic E-state index is 13.0. The van der Waals surface area contributed by atoms with Crippen molar-refractivity contribution in [3.8, 4) is 11.8 Å². The fraction of sp³-hybridized carbons (Fsp3) is 0.111. The van der Waals surface area contributed by atoms with E-state index >= 15 is 0 Å². The maximum Gasteiger partial charge on any atom is 0.417 e. The van der Waals surface area contributed by atoms with Crippen molar-refractivity contribution in [2.24, 2.45) is 0 Å². The third-order valence-electron chi connectivity index (χ3n) is 3.16. The number of benzene rings is 2. The molecule has 2 N–H and O–H groups in total. The number of amides is 1. The van der Waals surface area contributed by atoms with Crippen LogP contribution < -0.4 is 5.32 Å². The second-order valence-corrected chi connectivity index (χ2v) is 5.13. The van der Waals surface area contributed by atoms with Crippen LogP contribution in [0.5, 0.6) is 0 Å². The van der Waals surface area contributed by atoms with Gasteiger partial charge in [0.05, 0.1) is 5.56 Å². The van der Waals surface area contributed by atoms with Crippen LogP contribution in [0.25, 0.3) is 0 Å². The van der Waals surface area contributed by atoms with Crippen molar-refractivity contribution < 1.29 is 27.9 Å². The summed E-state index contributed by atoms with van der Waals surface area (Å²) in [4.78, 5) is 21.5. The van der Waals surface area contributed by atoms with E-state index in [0.717, 1.165) is 6.07 Å². The van der Waals surface area contributed by atoms with Crippen molar-refractivity contribution in [3.63, 3.8) is 0 Å². The molecule has 1 amide bonds. The molecule has 0 atom stereocenters. The summed E-state index contributed by atoms with van der Waals surface area (Å²) in [5, 5.41) is 10.6. The molecule has 0 fully saturated rings. The minimum Gasteiger partial charge on any atom is -0.474 e. The number of carbonyl (C=O) groups is 2. The number of hydrogen-bond donors (Lipinski definition) is 2. The maximum absolute atomic E-state index is 13.0. The Labute approximate surface area is 141 Å². The molecule has 0 aromatic heterocycles. The van der Waals surface area contributed by atoms with Gasteiger partial charge in [-0.25, -0.2) is 4.79 Å². The predicted octanol–water partition coefficient (Wildman–Crippen LogP) is 3.44. The number of anilines is 1. The number of nitrogens with one attached hydrogen (secondary N) is 1. The average Bonchev–Trinajstić information content (AvgIpc) is 2.54. The number of hydrogen-bond acceptors (Lipinski definition) is 2. The van der Waals surface area contributed by atoms with Crippen LogP contribution in [0.4, 0.5) is 18.9 Å². The van der Waals surface area contributed by atoms with E-state index in [4.69, 9.17) is 5.11 Å². The Morgan fingerprint density at radius 1 is 1.04 bits per heavy atom.